The van der Waals surface area contributed by atoms with Crippen LogP contribution < -0.4 is 5.32 Å². The summed E-state index contributed by atoms with van der Waals surface area (Å²) < 4.78 is 5.51. The standard InChI is InChI=1S/C16H17NO4/c1-2-9-4-3-5-10(8-9)17-15(18)13-11-6-7-12(21-11)14(13)16(19)20/h3-8,11-14H,2H2,1H3,(H,17,18)(H,19,20)/t11-,12-,13+,14-/m1/s1. The fraction of sp³-hybridized carbons (Fsp3) is 0.375. The Balaban J connectivity index is 1.78. The van der Waals surface area contributed by atoms with E-state index < -0.39 is 30.0 Å². The lowest BCUT2D eigenvalue weighted by atomic mass is 9.82. The van der Waals surface area contributed by atoms with Crippen LogP contribution in [0.3, 0.4) is 0 Å². The first kappa shape index (κ1) is 13.8. The third-order valence-electron chi connectivity index (χ3n) is 4.09. The monoisotopic (exact) mass is 287 g/mol. The Labute approximate surface area is 122 Å². The van der Waals surface area contributed by atoms with E-state index in [4.69, 9.17) is 4.74 Å². The summed E-state index contributed by atoms with van der Waals surface area (Å²) in [6.45, 7) is 2.04. The Kier molecular flexibility index (Phi) is 3.51. The van der Waals surface area contributed by atoms with E-state index in [1.165, 1.54) is 0 Å². The van der Waals surface area contributed by atoms with Crippen LogP contribution in [0.4, 0.5) is 5.69 Å². The molecule has 0 aliphatic carbocycles. The zero-order valence-electron chi connectivity index (χ0n) is 11.7. The molecule has 2 aliphatic heterocycles. The van der Waals surface area contributed by atoms with Crippen molar-refractivity contribution in [2.24, 2.45) is 11.8 Å². The quantitative estimate of drug-likeness (QED) is 0.829. The van der Waals surface area contributed by atoms with Crippen LogP contribution in [0.1, 0.15) is 12.5 Å². The number of carboxylic acids is 1. The Morgan fingerprint density at radius 3 is 2.62 bits per heavy atom. The Hall–Kier alpha value is -2.14. The number of rotatable bonds is 4. The normalized spacial score (nSPS) is 29.6. The van der Waals surface area contributed by atoms with Crippen LogP contribution >= 0.6 is 0 Å². The zero-order chi connectivity index (χ0) is 15.0. The summed E-state index contributed by atoms with van der Waals surface area (Å²) in [4.78, 5) is 23.8. The number of carboxylic acid groups (broad SMARTS) is 1. The largest absolute Gasteiger partial charge is 0.481 e. The number of fused-ring (bicyclic) bond motifs is 2. The highest BCUT2D eigenvalue weighted by molar-refractivity contribution is 5.96. The fourth-order valence-electron chi connectivity index (χ4n) is 3.01. The van der Waals surface area contributed by atoms with Gasteiger partial charge in [0.2, 0.25) is 5.91 Å². The molecular formula is C16H17NO4. The smallest absolute Gasteiger partial charge is 0.310 e. The average Bonchev–Trinajstić information content (AvgIpc) is 3.07. The summed E-state index contributed by atoms with van der Waals surface area (Å²) in [7, 11) is 0. The lowest BCUT2D eigenvalue weighted by Gasteiger charge is -2.21. The number of anilines is 1. The maximum atomic E-state index is 12.4. The van der Waals surface area contributed by atoms with Gasteiger partial charge >= 0.3 is 5.97 Å². The molecule has 0 radical (unpaired) electrons. The van der Waals surface area contributed by atoms with Crippen molar-refractivity contribution in [2.45, 2.75) is 25.6 Å². The van der Waals surface area contributed by atoms with Crippen LogP contribution in [0.2, 0.25) is 0 Å². The third kappa shape index (κ3) is 2.45. The van der Waals surface area contributed by atoms with Crippen molar-refractivity contribution in [3.05, 3.63) is 42.0 Å². The number of benzene rings is 1. The highest BCUT2D eigenvalue weighted by Crippen LogP contribution is 2.39. The second-order valence-electron chi connectivity index (χ2n) is 5.38. The Morgan fingerprint density at radius 1 is 1.24 bits per heavy atom. The molecule has 0 unspecified atom stereocenters. The highest BCUT2D eigenvalue weighted by Gasteiger charge is 2.53. The van der Waals surface area contributed by atoms with Gasteiger partial charge < -0.3 is 15.2 Å². The minimum Gasteiger partial charge on any atom is -0.481 e. The zero-order valence-corrected chi connectivity index (χ0v) is 11.7. The van der Waals surface area contributed by atoms with Crippen LogP contribution in [0.15, 0.2) is 36.4 Å². The molecule has 2 N–H and O–H groups in total. The Bertz CT molecular complexity index is 610. The maximum absolute atomic E-state index is 12.4. The first-order valence-corrected chi connectivity index (χ1v) is 7.06. The van der Waals surface area contributed by atoms with Gasteiger partial charge in [0.05, 0.1) is 18.1 Å². The van der Waals surface area contributed by atoms with Gasteiger partial charge in [-0.3, -0.25) is 9.59 Å². The van der Waals surface area contributed by atoms with Gasteiger partial charge in [-0.05, 0) is 24.1 Å². The third-order valence-corrected chi connectivity index (χ3v) is 4.09. The molecule has 1 aromatic carbocycles. The lowest BCUT2D eigenvalue weighted by molar-refractivity contribution is -0.145. The van der Waals surface area contributed by atoms with Gasteiger partial charge in [0.25, 0.3) is 0 Å². The van der Waals surface area contributed by atoms with Gasteiger partial charge in [0, 0.05) is 5.69 Å². The van der Waals surface area contributed by atoms with Crippen LogP contribution in [-0.2, 0) is 20.7 Å². The van der Waals surface area contributed by atoms with E-state index in [1.54, 1.807) is 18.2 Å². The van der Waals surface area contributed by atoms with Gasteiger partial charge in [-0.25, -0.2) is 0 Å². The first-order chi connectivity index (χ1) is 10.1. The number of carbonyl (C=O) groups is 2. The summed E-state index contributed by atoms with van der Waals surface area (Å²) in [5.74, 6) is -2.78. The van der Waals surface area contributed by atoms with Crippen molar-refractivity contribution < 1.29 is 19.4 Å². The van der Waals surface area contributed by atoms with Gasteiger partial charge in [-0.15, -0.1) is 0 Å². The molecule has 21 heavy (non-hydrogen) atoms. The SMILES string of the molecule is CCc1cccc(NC(=O)[C@@H]2[C@H](C(=O)O)[C@H]3C=C[C@H]2O3)c1. The number of hydrogen-bond acceptors (Lipinski definition) is 3. The molecule has 1 amide bonds. The predicted octanol–water partition coefficient (Wildman–Crippen LogP) is 1.84. The van der Waals surface area contributed by atoms with Crippen molar-refractivity contribution >= 4 is 17.6 Å². The second kappa shape index (κ2) is 5.33. The van der Waals surface area contributed by atoms with Crippen molar-refractivity contribution in [3.63, 3.8) is 0 Å². The maximum Gasteiger partial charge on any atom is 0.310 e. The summed E-state index contributed by atoms with van der Waals surface area (Å²) in [6.07, 6.45) is 3.44. The molecule has 110 valence electrons. The molecule has 2 aliphatic rings. The molecule has 0 spiro atoms. The van der Waals surface area contributed by atoms with Gasteiger partial charge in [0.1, 0.15) is 5.92 Å². The van der Waals surface area contributed by atoms with Crippen LogP contribution in [-0.4, -0.2) is 29.2 Å². The lowest BCUT2D eigenvalue weighted by Crippen LogP contribution is -2.39. The van der Waals surface area contributed by atoms with E-state index in [0.717, 1.165) is 12.0 Å². The van der Waals surface area contributed by atoms with Crippen molar-refractivity contribution in [1.82, 2.24) is 0 Å². The molecule has 1 fully saturated rings. The summed E-state index contributed by atoms with van der Waals surface area (Å²) in [5, 5.41) is 12.1. The first-order valence-electron chi connectivity index (χ1n) is 7.06. The topological polar surface area (TPSA) is 75.6 Å². The number of carbonyl (C=O) groups excluding carboxylic acids is 1. The molecular weight excluding hydrogens is 270 g/mol. The van der Waals surface area contributed by atoms with Gasteiger partial charge in [-0.2, -0.15) is 0 Å². The van der Waals surface area contributed by atoms with Gasteiger partial charge in [0.15, 0.2) is 0 Å². The minimum absolute atomic E-state index is 0.299. The molecule has 5 heteroatoms. The number of hydrogen-bond donors (Lipinski definition) is 2. The summed E-state index contributed by atoms with van der Waals surface area (Å²) in [6, 6.07) is 7.56. The summed E-state index contributed by atoms with van der Waals surface area (Å²) >= 11 is 0. The average molecular weight is 287 g/mol. The highest BCUT2D eigenvalue weighted by atomic mass is 16.5. The van der Waals surface area contributed by atoms with Crippen LogP contribution in [0.25, 0.3) is 0 Å². The molecule has 2 bridgehead atoms. The molecule has 0 saturated carbocycles. The molecule has 1 aromatic rings. The number of aliphatic carboxylic acids is 1. The molecule has 1 saturated heterocycles. The molecule has 0 aromatic heterocycles. The summed E-state index contributed by atoms with van der Waals surface area (Å²) in [5.41, 5.74) is 1.81. The van der Waals surface area contributed by atoms with E-state index in [1.807, 2.05) is 25.1 Å². The van der Waals surface area contributed by atoms with E-state index in [0.29, 0.717) is 5.69 Å². The molecule has 4 atom stereocenters. The van der Waals surface area contributed by atoms with Crippen LogP contribution in [0, 0.1) is 11.8 Å². The minimum atomic E-state index is -0.991. The number of ether oxygens (including phenoxy) is 1. The second-order valence-corrected chi connectivity index (χ2v) is 5.38. The molecule has 5 nitrogen and oxygen atoms in total. The van der Waals surface area contributed by atoms with Crippen molar-refractivity contribution in [2.75, 3.05) is 5.32 Å². The fourth-order valence-corrected chi connectivity index (χ4v) is 3.01. The number of nitrogens with one attached hydrogen (secondary N) is 1. The molecule has 3 rings (SSSR count). The van der Waals surface area contributed by atoms with E-state index in [9.17, 15) is 14.7 Å². The molecule has 2 heterocycles. The number of aryl methyl sites for hydroxylation is 1. The van der Waals surface area contributed by atoms with Crippen molar-refractivity contribution in [3.8, 4) is 0 Å². The Morgan fingerprint density at radius 2 is 1.95 bits per heavy atom. The van der Waals surface area contributed by atoms with E-state index in [-0.39, 0.29) is 5.91 Å². The van der Waals surface area contributed by atoms with E-state index >= 15 is 0 Å². The van der Waals surface area contributed by atoms with Gasteiger partial charge in [-0.1, -0.05) is 31.2 Å². The predicted molar refractivity (Wildman–Crippen MR) is 76.9 cm³/mol. The van der Waals surface area contributed by atoms with Crippen molar-refractivity contribution in [1.29, 1.82) is 0 Å². The van der Waals surface area contributed by atoms with E-state index in [2.05, 4.69) is 5.32 Å². The van der Waals surface area contributed by atoms with Crippen LogP contribution in [0.5, 0.6) is 0 Å². The number of amides is 1.